The Hall–Kier alpha value is -1.58. The first-order valence-electron chi connectivity index (χ1n) is 5.65. The minimum atomic E-state index is -0.381. The Morgan fingerprint density at radius 2 is 2.00 bits per heavy atom. The number of aromatic nitrogens is 1. The highest BCUT2D eigenvalue weighted by atomic mass is 16.5. The van der Waals surface area contributed by atoms with Gasteiger partial charge in [-0.05, 0) is 25.8 Å². The van der Waals surface area contributed by atoms with Crippen molar-refractivity contribution in [2.24, 2.45) is 5.92 Å². The summed E-state index contributed by atoms with van der Waals surface area (Å²) in [6, 6.07) is 1.41. The number of ether oxygens (including phenoxy) is 1. The lowest BCUT2D eigenvalue weighted by Crippen LogP contribution is -2.27. The van der Waals surface area contributed by atoms with E-state index in [-0.39, 0.29) is 17.9 Å². The molecular formula is C13H19NO3. The van der Waals surface area contributed by atoms with Gasteiger partial charge in [0.2, 0.25) is 0 Å². The fourth-order valence-corrected chi connectivity index (χ4v) is 2.15. The van der Waals surface area contributed by atoms with Crippen molar-refractivity contribution in [3.05, 3.63) is 23.0 Å². The normalized spacial score (nSPS) is 12.6. The van der Waals surface area contributed by atoms with Gasteiger partial charge in [-0.2, -0.15) is 0 Å². The van der Waals surface area contributed by atoms with Crippen LogP contribution in [0.3, 0.4) is 0 Å². The fraction of sp³-hybridized carbons (Fsp3) is 0.538. The Bertz CT molecular complexity index is 432. The minimum absolute atomic E-state index is 0.103. The maximum Gasteiger partial charge on any atom is 0.329 e. The van der Waals surface area contributed by atoms with Crippen molar-refractivity contribution in [2.75, 3.05) is 7.11 Å². The van der Waals surface area contributed by atoms with E-state index in [9.17, 15) is 9.59 Å². The molecule has 1 aromatic heterocycles. The van der Waals surface area contributed by atoms with E-state index in [1.807, 2.05) is 32.3 Å². The van der Waals surface area contributed by atoms with Gasteiger partial charge in [-0.1, -0.05) is 13.8 Å². The van der Waals surface area contributed by atoms with E-state index >= 15 is 0 Å². The maximum atomic E-state index is 11.8. The second-order valence-electron chi connectivity index (χ2n) is 4.53. The summed E-state index contributed by atoms with van der Waals surface area (Å²) < 4.78 is 6.71. The highest BCUT2D eigenvalue weighted by molar-refractivity contribution is 5.79. The average Bonchev–Trinajstić information content (AvgIpc) is 2.56. The Kier molecular flexibility index (Phi) is 4.10. The largest absolute Gasteiger partial charge is 0.467 e. The van der Waals surface area contributed by atoms with Crippen molar-refractivity contribution in [1.29, 1.82) is 0 Å². The Labute approximate surface area is 102 Å². The van der Waals surface area contributed by atoms with Gasteiger partial charge in [0.05, 0.1) is 7.11 Å². The molecule has 94 valence electrons. The van der Waals surface area contributed by atoms with Crippen LogP contribution in [-0.2, 0) is 9.53 Å². The smallest absolute Gasteiger partial charge is 0.329 e. The number of aryl methyl sites for hydroxylation is 1. The summed E-state index contributed by atoms with van der Waals surface area (Å²) >= 11 is 0. The first-order chi connectivity index (χ1) is 7.93. The van der Waals surface area contributed by atoms with Crippen molar-refractivity contribution in [3.63, 3.8) is 0 Å². The van der Waals surface area contributed by atoms with Crippen molar-refractivity contribution in [1.82, 2.24) is 4.57 Å². The third-order valence-electron chi connectivity index (χ3n) is 3.00. The second kappa shape index (κ2) is 5.17. The molecule has 0 spiro atoms. The van der Waals surface area contributed by atoms with Crippen molar-refractivity contribution in [3.8, 4) is 0 Å². The first-order valence-corrected chi connectivity index (χ1v) is 5.65. The third kappa shape index (κ3) is 2.40. The van der Waals surface area contributed by atoms with Crippen molar-refractivity contribution in [2.45, 2.75) is 33.7 Å². The van der Waals surface area contributed by atoms with Crippen LogP contribution < -0.4 is 0 Å². The van der Waals surface area contributed by atoms with Crippen LogP contribution in [0.5, 0.6) is 0 Å². The molecule has 0 aliphatic carbocycles. The third-order valence-corrected chi connectivity index (χ3v) is 3.00. The van der Waals surface area contributed by atoms with Gasteiger partial charge in [0.25, 0.3) is 0 Å². The number of carbonyl (C=O) groups excluding carboxylic acids is 2. The van der Waals surface area contributed by atoms with Gasteiger partial charge < -0.3 is 9.30 Å². The molecule has 0 N–H and O–H groups in total. The van der Waals surface area contributed by atoms with E-state index in [4.69, 9.17) is 4.74 Å². The lowest BCUT2D eigenvalue weighted by Gasteiger charge is -2.23. The van der Waals surface area contributed by atoms with E-state index in [2.05, 4.69) is 0 Å². The van der Waals surface area contributed by atoms with Crippen LogP contribution in [0.4, 0.5) is 0 Å². The Balaban J connectivity index is 3.33. The number of nitrogens with zero attached hydrogens (tertiary/aromatic N) is 1. The molecule has 17 heavy (non-hydrogen) atoms. The van der Waals surface area contributed by atoms with E-state index in [0.717, 1.165) is 17.7 Å². The Morgan fingerprint density at radius 3 is 2.35 bits per heavy atom. The molecule has 0 saturated heterocycles. The summed E-state index contributed by atoms with van der Waals surface area (Å²) in [4.78, 5) is 22.7. The summed E-state index contributed by atoms with van der Waals surface area (Å²) in [6.45, 7) is 7.65. The summed E-state index contributed by atoms with van der Waals surface area (Å²) in [7, 11) is 1.38. The predicted molar refractivity (Wildman–Crippen MR) is 65.2 cm³/mol. The lowest BCUT2D eigenvalue weighted by molar-refractivity contribution is -0.146. The van der Waals surface area contributed by atoms with Gasteiger partial charge in [-0.25, -0.2) is 4.79 Å². The topological polar surface area (TPSA) is 48.3 Å². The maximum absolute atomic E-state index is 11.8. The number of rotatable bonds is 4. The Morgan fingerprint density at radius 1 is 1.41 bits per heavy atom. The van der Waals surface area contributed by atoms with Crippen LogP contribution >= 0.6 is 0 Å². The molecule has 1 aromatic rings. The van der Waals surface area contributed by atoms with Gasteiger partial charge in [-0.3, -0.25) is 4.79 Å². The van der Waals surface area contributed by atoms with Crippen LogP contribution in [0, 0.1) is 19.8 Å². The zero-order valence-electron chi connectivity index (χ0n) is 11.0. The molecule has 0 bridgehead atoms. The molecule has 0 saturated carbocycles. The van der Waals surface area contributed by atoms with Gasteiger partial charge in [0.1, 0.15) is 6.04 Å². The standard InChI is InChI=1S/C13H19NO3/c1-8(2)12(13(16)17-5)14-9(3)6-11(7-15)10(14)4/h6-8,12H,1-5H3. The molecule has 0 radical (unpaired) electrons. The number of esters is 1. The molecule has 0 aromatic carbocycles. The van der Waals surface area contributed by atoms with Crippen LogP contribution in [0.2, 0.25) is 0 Å². The zero-order chi connectivity index (χ0) is 13.2. The van der Waals surface area contributed by atoms with Crippen LogP contribution in [-0.4, -0.2) is 23.9 Å². The molecule has 0 aliphatic heterocycles. The molecule has 0 fully saturated rings. The summed E-state index contributed by atoms with van der Waals surface area (Å²) in [5.74, 6) is -0.175. The number of hydrogen-bond donors (Lipinski definition) is 0. The molecule has 4 heteroatoms. The molecule has 1 rings (SSSR count). The molecule has 1 heterocycles. The van der Waals surface area contributed by atoms with E-state index in [0.29, 0.717) is 5.56 Å². The summed E-state index contributed by atoms with van der Waals surface area (Å²) in [6.07, 6.45) is 0.813. The van der Waals surface area contributed by atoms with Gasteiger partial charge in [0.15, 0.2) is 6.29 Å². The molecule has 0 amide bonds. The molecule has 1 atom stereocenters. The second-order valence-corrected chi connectivity index (χ2v) is 4.53. The lowest BCUT2D eigenvalue weighted by atomic mass is 10.0. The molecular weight excluding hydrogens is 218 g/mol. The van der Waals surface area contributed by atoms with E-state index in [1.54, 1.807) is 6.07 Å². The number of hydrogen-bond acceptors (Lipinski definition) is 3. The molecule has 4 nitrogen and oxygen atoms in total. The van der Waals surface area contributed by atoms with Gasteiger partial charge >= 0.3 is 5.97 Å². The van der Waals surface area contributed by atoms with Crippen LogP contribution in [0.15, 0.2) is 6.07 Å². The van der Waals surface area contributed by atoms with E-state index < -0.39 is 0 Å². The summed E-state index contributed by atoms with van der Waals surface area (Å²) in [5, 5.41) is 0. The quantitative estimate of drug-likeness (QED) is 0.596. The number of aldehydes is 1. The van der Waals surface area contributed by atoms with Crippen LogP contribution in [0.25, 0.3) is 0 Å². The number of carbonyl (C=O) groups is 2. The number of methoxy groups -OCH3 is 1. The zero-order valence-corrected chi connectivity index (χ0v) is 11.0. The van der Waals surface area contributed by atoms with Gasteiger partial charge in [-0.15, -0.1) is 0 Å². The van der Waals surface area contributed by atoms with E-state index in [1.165, 1.54) is 7.11 Å². The molecule has 1 unspecified atom stereocenters. The highest BCUT2D eigenvalue weighted by Gasteiger charge is 2.27. The SMILES string of the molecule is COC(=O)C(C(C)C)n1c(C)cc(C=O)c1C. The highest BCUT2D eigenvalue weighted by Crippen LogP contribution is 2.26. The summed E-state index contributed by atoms with van der Waals surface area (Å²) in [5.41, 5.74) is 2.33. The monoisotopic (exact) mass is 237 g/mol. The molecule has 0 aliphatic rings. The first kappa shape index (κ1) is 13.5. The fourth-order valence-electron chi connectivity index (χ4n) is 2.15. The van der Waals surface area contributed by atoms with Crippen molar-refractivity contribution < 1.29 is 14.3 Å². The minimum Gasteiger partial charge on any atom is -0.467 e. The predicted octanol–water partition coefficient (Wildman–Crippen LogP) is 2.29. The van der Waals surface area contributed by atoms with Crippen LogP contribution in [0.1, 0.15) is 41.6 Å². The average molecular weight is 237 g/mol. The van der Waals surface area contributed by atoms with Gasteiger partial charge in [0, 0.05) is 17.0 Å². The van der Waals surface area contributed by atoms with Crippen molar-refractivity contribution >= 4 is 12.3 Å².